The molecule has 0 radical (unpaired) electrons. The summed E-state index contributed by atoms with van der Waals surface area (Å²) in [4.78, 5) is 19.8. The lowest BCUT2D eigenvalue weighted by atomic mass is 10.1. The van der Waals surface area contributed by atoms with E-state index in [9.17, 15) is 4.79 Å². The quantitative estimate of drug-likeness (QED) is 0.563. The highest BCUT2D eigenvalue weighted by Gasteiger charge is 2.34. The number of anilines is 2. The van der Waals surface area contributed by atoms with Gasteiger partial charge in [-0.15, -0.1) is 0 Å². The van der Waals surface area contributed by atoms with Crippen molar-refractivity contribution in [3.63, 3.8) is 0 Å². The molecule has 1 aliphatic heterocycles. The van der Waals surface area contributed by atoms with Crippen molar-refractivity contribution in [3.8, 4) is 0 Å². The Bertz CT molecular complexity index is 1190. The van der Waals surface area contributed by atoms with Crippen LogP contribution in [-0.4, -0.2) is 9.66 Å². The Morgan fingerprint density at radius 1 is 0.889 bits per heavy atom. The summed E-state index contributed by atoms with van der Waals surface area (Å²) in [5, 5.41) is 1.25. The van der Waals surface area contributed by atoms with Crippen LogP contribution in [0.4, 0.5) is 11.6 Å². The molecule has 0 bridgehead atoms. The molecule has 2 heterocycles. The number of hydrogen-bond acceptors (Lipinski definition) is 4. The van der Waals surface area contributed by atoms with Crippen molar-refractivity contribution in [1.82, 2.24) is 9.66 Å². The van der Waals surface area contributed by atoms with Crippen LogP contribution in [-0.2, 0) is 0 Å². The predicted molar refractivity (Wildman–Crippen MR) is 108 cm³/mol. The summed E-state index contributed by atoms with van der Waals surface area (Å²) in [6.07, 6.45) is -0.276. The monoisotopic (exact) mass is 374 g/mol. The minimum atomic E-state index is -0.276. The molecule has 1 aromatic heterocycles. The lowest BCUT2D eigenvalue weighted by molar-refractivity contribution is 0.767. The maximum atomic E-state index is 13.0. The van der Waals surface area contributed by atoms with Gasteiger partial charge in [0.2, 0.25) is 5.95 Å². The maximum absolute atomic E-state index is 13.0. The molecule has 6 heteroatoms. The largest absolute Gasteiger partial charge is 0.293 e. The first-order valence-corrected chi connectivity index (χ1v) is 8.98. The van der Waals surface area contributed by atoms with Crippen molar-refractivity contribution < 1.29 is 0 Å². The van der Waals surface area contributed by atoms with Gasteiger partial charge in [0.05, 0.1) is 10.9 Å². The van der Waals surface area contributed by atoms with Gasteiger partial charge in [0.1, 0.15) is 6.17 Å². The molecular weight excluding hydrogens is 360 g/mol. The Kier molecular flexibility index (Phi) is 3.62. The molecule has 27 heavy (non-hydrogen) atoms. The average molecular weight is 375 g/mol. The van der Waals surface area contributed by atoms with Gasteiger partial charge in [-0.25, -0.2) is 4.98 Å². The topological polar surface area (TPSA) is 50.2 Å². The third-order valence-corrected chi connectivity index (χ3v) is 4.96. The molecule has 0 fully saturated rings. The first-order valence-electron chi connectivity index (χ1n) is 8.60. The summed E-state index contributed by atoms with van der Waals surface area (Å²) in [5.74, 6) is 0.560. The lowest BCUT2D eigenvalue weighted by Gasteiger charge is -2.24. The van der Waals surface area contributed by atoms with E-state index in [1.807, 2.05) is 77.7 Å². The van der Waals surface area contributed by atoms with E-state index in [1.54, 1.807) is 6.07 Å². The van der Waals surface area contributed by atoms with E-state index in [2.05, 4.69) is 5.43 Å². The zero-order valence-corrected chi connectivity index (χ0v) is 15.0. The Balaban J connectivity index is 1.75. The number of benzene rings is 3. The van der Waals surface area contributed by atoms with Gasteiger partial charge in [0.15, 0.2) is 0 Å². The van der Waals surface area contributed by atoms with Crippen LogP contribution in [0, 0.1) is 0 Å². The fourth-order valence-electron chi connectivity index (χ4n) is 3.42. The summed E-state index contributed by atoms with van der Waals surface area (Å²) >= 11 is 6.06. The second kappa shape index (κ2) is 6.14. The van der Waals surface area contributed by atoms with Crippen LogP contribution in [0.3, 0.4) is 0 Å². The molecule has 1 aliphatic rings. The SMILES string of the molecule is O=c1c2ccccc2nc2n1NC(c1ccc(Cl)cc1)N2c1ccccc1. The minimum absolute atomic E-state index is 0.118. The summed E-state index contributed by atoms with van der Waals surface area (Å²) in [7, 11) is 0. The van der Waals surface area contributed by atoms with E-state index < -0.39 is 0 Å². The zero-order chi connectivity index (χ0) is 18.4. The van der Waals surface area contributed by atoms with Gasteiger partial charge in [-0.05, 0) is 42.0 Å². The average Bonchev–Trinajstić information content (AvgIpc) is 3.09. The number of halogens is 1. The molecular formula is C21H15ClN4O. The highest BCUT2D eigenvalue weighted by atomic mass is 35.5. The van der Waals surface area contributed by atoms with Crippen LogP contribution in [0.25, 0.3) is 10.9 Å². The molecule has 132 valence electrons. The van der Waals surface area contributed by atoms with Crippen molar-refractivity contribution >= 4 is 34.1 Å². The van der Waals surface area contributed by atoms with Crippen LogP contribution < -0.4 is 15.9 Å². The number of nitrogens with zero attached hydrogens (tertiary/aromatic N) is 3. The van der Waals surface area contributed by atoms with Crippen molar-refractivity contribution in [1.29, 1.82) is 0 Å². The van der Waals surface area contributed by atoms with Crippen LogP contribution in [0.5, 0.6) is 0 Å². The van der Waals surface area contributed by atoms with Crippen molar-refractivity contribution in [2.75, 3.05) is 10.3 Å². The molecule has 0 amide bonds. The Morgan fingerprint density at radius 2 is 1.59 bits per heavy atom. The number of nitrogens with one attached hydrogen (secondary N) is 1. The number of aromatic nitrogens is 2. The molecule has 3 aromatic carbocycles. The van der Waals surface area contributed by atoms with Gasteiger partial charge >= 0.3 is 0 Å². The van der Waals surface area contributed by atoms with Crippen molar-refractivity contribution in [2.24, 2.45) is 0 Å². The van der Waals surface area contributed by atoms with E-state index in [1.165, 1.54) is 4.68 Å². The fourth-order valence-corrected chi connectivity index (χ4v) is 3.54. The number of rotatable bonds is 2. The molecule has 1 unspecified atom stereocenters. The standard InChI is InChI=1S/C21H15ClN4O/c22-15-12-10-14(11-13-15)19-24-26-20(27)17-8-4-5-9-18(17)23-21(26)25(19)16-6-2-1-3-7-16/h1-13,19,24H. The summed E-state index contributed by atoms with van der Waals surface area (Å²) in [6.45, 7) is 0. The predicted octanol–water partition coefficient (Wildman–Crippen LogP) is 4.44. The normalized spacial score (nSPS) is 15.6. The number of para-hydroxylation sites is 2. The molecule has 0 aliphatic carbocycles. The molecule has 0 spiro atoms. The summed E-state index contributed by atoms with van der Waals surface area (Å²) < 4.78 is 1.52. The molecule has 4 aromatic rings. The van der Waals surface area contributed by atoms with Gasteiger partial charge in [-0.1, -0.05) is 54.1 Å². The van der Waals surface area contributed by atoms with Crippen molar-refractivity contribution in [2.45, 2.75) is 6.17 Å². The lowest BCUT2D eigenvalue weighted by Crippen LogP contribution is -2.27. The molecule has 1 atom stereocenters. The van der Waals surface area contributed by atoms with Crippen LogP contribution in [0.2, 0.25) is 5.02 Å². The second-order valence-corrected chi connectivity index (χ2v) is 6.79. The second-order valence-electron chi connectivity index (χ2n) is 6.36. The molecule has 5 nitrogen and oxygen atoms in total. The van der Waals surface area contributed by atoms with Gasteiger partial charge in [-0.3, -0.25) is 15.1 Å². The Labute approximate surface area is 160 Å². The van der Waals surface area contributed by atoms with Crippen LogP contribution in [0.15, 0.2) is 83.7 Å². The van der Waals surface area contributed by atoms with E-state index >= 15 is 0 Å². The molecule has 0 saturated heterocycles. The number of fused-ring (bicyclic) bond motifs is 2. The van der Waals surface area contributed by atoms with E-state index in [-0.39, 0.29) is 11.7 Å². The van der Waals surface area contributed by atoms with Crippen LogP contribution >= 0.6 is 11.6 Å². The molecule has 5 rings (SSSR count). The van der Waals surface area contributed by atoms with Crippen LogP contribution in [0.1, 0.15) is 11.7 Å². The minimum Gasteiger partial charge on any atom is -0.293 e. The third-order valence-electron chi connectivity index (χ3n) is 4.70. The third kappa shape index (κ3) is 2.55. The summed E-state index contributed by atoms with van der Waals surface area (Å²) in [5.41, 5.74) is 5.79. The van der Waals surface area contributed by atoms with Gasteiger partial charge < -0.3 is 0 Å². The zero-order valence-electron chi connectivity index (χ0n) is 14.2. The van der Waals surface area contributed by atoms with E-state index in [0.717, 1.165) is 11.3 Å². The maximum Gasteiger partial charge on any atom is 0.281 e. The Hall–Kier alpha value is -3.31. The highest BCUT2D eigenvalue weighted by Crippen LogP contribution is 2.37. The first kappa shape index (κ1) is 15.9. The first-order chi connectivity index (χ1) is 13.2. The van der Waals surface area contributed by atoms with Gasteiger partial charge in [-0.2, -0.15) is 4.68 Å². The summed E-state index contributed by atoms with van der Waals surface area (Å²) in [6, 6.07) is 24.9. The Morgan fingerprint density at radius 3 is 2.37 bits per heavy atom. The fraction of sp³-hybridized carbons (Fsp3) is 0.0476. The van der Waals surface area contributed by atoms with Gasteiger partial charge in [0, 0.05) is 10.7 Å². The van der Waals surface area contributed by atoms with Crippen molar-refractivity contribution in [3.05, 3.63) is 99.8 Å². The number of hydrogen-bond donors (Lipinski definition) is 1. The van der Waals surface area contributed by atoms with E-state index in [0.29, 0.717) is 21.9 Å². The molecule has 0 saturated carbocycles. The highest BCUT2D eigenvalue weighted by molar-refractivity contribution is 6.30. The molecule has 1 N–H and O–H groups in total. The smallest absolute Gasteiger partial charge is 0.281 e. The van der Waals surface area contributed by atoms with Gasteiger partial charge in [0.25, 0.3) is 5.56 Å². The van der Waals surface area contributed by atoms with E-state index in [4.69, 9.17) is 16.6 Å².